The monoisotopic (exact) mass is 1370 g/mol. The first-order chi connectivity index (χ1) is 47.6. The van der Waals surface area contributed by atoms with Gasteiger partial charge < -0.3 is 65.1 Å². The van der Waals surface area contributed by atoms with Gasteiger partial charge in [-0.1, -0.05) is 349 Å². The van der Waals surface area contributed by atoms with Crippen LogP contribution in [0.2, 0.25) is 0 Å². The molecular weight excluding hydrogens is 1220 g/mol. The van der Waals surface area contributed by atoms with Gasteiger partial charge in [0.1, 0.15) is 48.8 Å². The van der Waals surface area contributed by atoms with Gasteiger partial charge in [-0.2, -0.15) is 0 Å². The maximum Gasteiger partial charge on any atom is 0.220 e. The number of amides is 1. The summed E-state index contributed by atoms with van der Waals surface area (Å²) in [5.74, 6) is -0.240. The number of ether oxygens (including phenoxy) is 4. The molecule has 564 valence electrons. The average molecular weight is 1370 g/mol. The Kier molecular flexibility index (Phi) is 61.8. The van der Waals surface area contributed by atoms with E-state index in [2.05, 4.69) is 92.1 Å². The number of carbonyl (C=O) groups is 1. The van der Waals surface area contributed by atoms with Crippen molar-refractivity contribution in [2.24, 2.45) is 0 Å². The highest BCUT2D eigenvalue weighted by molar-refractivity contribution is 5.76. The summed E-state index contributed by atoms with van der Waals surface area (Å²) in [6.07, 6.45) is 76.6. The third-order valence-electron chi connectivity index (χ3n) is 19.3. The molecule has 2 aliphatic rings. The molecule has 14 nitrogen and oxygen atoms in total. The molecule has 0 aliphatic carbocycles. The minimum atomic E-state index is -1.79. The first-order valence-electron chi connectivity index (χ1n) is 40.3. The standard InChI is InChI=1S/C83H149NO13/c1-3-5-7-9-11-13-15-17-19-21-23-25-27-29-31-33-35-37-38-40-42-44-46-48-50-52-54-56-58-60-62-64-66-72(87)71(70-94-82-80(93)78(91)81(74(69-86)96-82)97-83-79(92)77(90)76(89)73(68-85)95-83)84-75(88)67-65-63-61-59-57-55-53-51-49-47-45-43-41-39-36-34-32-30-28-26-24-22-20-18-16-14-12-10-8-6-4-2/h6,8,12,14,18,20,24,26,30,32,36,39,64,66,71-74,76-83,85-87,89-93H,3-5,7,9-11,13,15-17,19,21-23,25,27-29,31,33-35,37-38,40-63,65,67-70H2,1-2H3,(H,84,88)/b8-6-,14-12-,20-18-,26-24-,32-30-,39-36-,66-64+. The zero-order chi connectivity index (χ0) is 70.1. The molecule has 12 unspecified atom stereocenters. The van der Waals surface area contributed by atoms with Gasteiger partial charge in [0.2, 0.25) is 5.91 Å². The normalized spacial score (nSPS) is 22.6. The van der Waals surface area contributed by atoms with E-state index in [0.29, 0.717) is 6.42 Å². The molecular formula is C83H149NO13. The van der Waals surface area contributed by atoms with Crippen LogP contribution in [0.15, 0.2) is 85.1 Å². The van der Waals surface area contributed by atoms with Crippen molar-refractivity contribution >= 4 is 5.91 Å². The lowest BCUT2D eigenvalue weighted by Crippen LogP contribution is -2.65. The fraction of sp³-hybridized carbons (Fsp3) is 0.819. The third-order valence-corrected chi connectivity index (χ3v) is 19.3. The first-order valence-corrected chi connectivity index (χ1v) is 40.3. The second-order valence-electron chi connectivity index (χ2n) is 28.2. The Balaban J connectivity index is 1.63. The summed E-state index contributed by atoms with van der Waals surface area (Å²) < 4.78 is 22.9. The number of hydrogen-bond acceptors (Lipinski definition) is 13. The minimum Gasteiger partial charge on any atom is -0.394 e. The van der Waals surface area contributed by atoms with Gasteiger partial charge in [0, 0.05) is 6.42 Å². The van der Waals surface area contributed by atoms with Gasteiger partial charge in [-0.3, -0.25) is 4.79 Å². The zero-order valence-electron chi connectivity index (χ0n) is 61.8. The number of aliphatic hydroxyl groups excluding tert-OH is 8. The molecule has 0 bridgehead atoms. The lowest BCUT2D eigenvalue weighted by Gasteiger charge is -2.46. The van der Waals surface area contributed by atoms with Crippen molar-refractivity contribution in [3.8, 4) is 0 Å². The van der Waals surface area contributed by atoms with E-state index in [1.165, 1.54) is 231 Å². The summed E-state index contributed by atoms with van der Waals surface area (Å²) >= 11 is 0. The fourth-order valence-corrected chi connectivity index (χ4v) is 13.0. The molecule has 14 heteroatoms. The molecule has 9 N–H and O–H groups in total. The van der Waals surface area contributed by atoms with Crippen LogP contribution < -0.4 is 5.32 Å². The van der Waals surface area contributed by atoms with Crippen LogP contribution in [-0.2, 0) is 23.7 Å². The topological polar surface area (TPSA) is 228 Å². The largest absolute Gasteiger partial charge is 0.394 e. The Labute approximate surface area is 592 Å². The number of rotatable bonds is 67. The number of hydrogen-bond donors (Lipinski definition) is 9. The zero-order valence-corrected chi connectivity index (χ0v) is 61.8. The maximum absolute atomic E-state index is 13.4. The van der Waals surface area contributed by atoms with Gasteiger partial charge in [-0.05, 0) is 70.6 Å². The van der Waals surface area contributed by atoms with Gasteiger partial charge >= 0.3 is 0 Å². The third kappa shape index (κ3) is 49.4. The van der Waals surface area contributed by atoms with E-state index in [-0.39, 0.29) is 18.9 Å². The molecule has 2 fully saturated rings. The van der Waals surface area contributed by atoms with E-state index >= 15 is 0 Å². The molecule has 12 atom stereocenters. The molecule has 2 heterocycles. The van der Waals surface area contributed by atoms with E-state index in [4.69, 9.17) is 18.9 Å². The molecule has 2 rings (SSSR count). The minimum absolute atomic E-state index is 0.240. The van der Waals surface area contributed by atoms with Crippen LogP contribution >= 0.6 is 0 Å². The Morgan fingerprint density at radius 3 is 1.09 bits per heavy atom. The molecule has 0 spiro atoms. The Bertz CT molecular complexity index is 1950. The van der Waals surface area contributed by atoms with E-state index in [9.17, 15) is 45.6 Å². The molecule has 1 amide bonds. The Hall–Kier alpha value is -2.83. The fourth-order valence-electron chi connectivity index (χ4n) is 13.0. The van der Waals surface area contributed by atoms with Crippen LogP contribution in [0.1, 0.15) is 341 Å². The van der Waals surface area contributed by atoms with Crippen molar-refractivity contribution < 1.29 is 64.6 Å². The van der Waals surface area contributed by atoms with Crippen LogP contribution in [0.5, 0.6) is 0 Å². The van der Waals surface area contributed by atoms with Gasteiger partial charge in [0.15, 0.2) is 12.6 Å². The Morgan fingerprint density at radius 1 is 0.381 bits per heavy atom. The Morgan fingerprint density at radius 2 is 0.711 bits per heavy atom. The van der Waals surface area contributed by atoms with Crippen LogP contribution in [-0.4, -0.2) is 140 Å². The number of aliphatic hydroxyl groups is 8. The van der Waals surface area contributed by atoms with E-state index in [0.717, 1.165) is 83.5 Å². The van der Waals surface area contributed by atoms with Crippen molar-refractivity contribution in [2.45, 2.75) is 415 Å². The van der Waals surface area contributed by atoms with Crippen molar-refractivity contribution in [3.63, 3.8) is 0 Å². The quantitative estimate of drug-likeness (QED) is 0.0204. The average Bonchev–Trinajstić information content (AvgIpc) is 0.794. The van der Waals surface area contributed by atoms with Crippen LogP contribution in [0.25, 0.3) is 0 Å². The van der Waals surface area contributed by atoms with Crippen molar-refractivity contribution in [3.05, 3.63) is 85.1 Å². The summed E-state index contributed by atoms with van der Waals surface area (Å²) in [4.78, 5) is 13.4. The number of nitrogens with one attached hydrogen (secondary N) is 1. The highest BCUT2D eigenvalue weighted by atomic mass is 16.7. The lowest BCUT2D eigenvalue weighted by molar-refractivity contribution is -0.359. The van der Waals surface area contributed by atoms with Gasteiger partial charge in [-0.25, -0.2) is 0 Å². The molecule has 0 aromatic carbocycles. The van der Waals surface area contributed by atoms with E-state index in [1.54, 1.807) is 6.08 Å². The summed E-state index contributed by atoms with van der Waals surface area (Å²) in [5, 5.41) is 87.7. The molecule has 0 saturated carbocycles. The second kappa shape index (κ2) is 66.4. The molecule has 0 radical (unpaired) electrons. The van der Waals surface area contributed by atoms with Crippen LogP contribution in [0.3, 0.4) is 0 Å². The predicted octanol–water partition coefficient (Wildman–Crippen LogP) is 18.3. The molecule has 2 aliphatic heterocycles. The predicted molar refractivity (Wildman–Crippen MR) is 401 cm³/mol. The molecule has 0 aromatic rings. The summed E-state index contributed by atoms with van der Waals surface area (Å²) in [5.41, 5.74) is 0. The summed E-state index contributed by atoms with van der Waals surface area (Å²) in [6.45, 7) is 2.73. The molecule has 2 saturated heterocycles. The van der Waals surface area contributed by atoms with Gasteiger partial charge in [-0.15, -0.1) is 0 Å². The first kappa shape index (κ1) is 90.3. The lowest BCUT2D eigenvalue weighted by atomic mass is 9.97. The highest BCUT2D eigenvalue weighted by Gasteiger charge is 2.51. The van der Waals surface area contributed by atoms with Crippen molar-refractivity contribution in [1.82, 2.24) is 5.32 Å². The molecule has 97 heavy (non-hydrogen) atoms. The maximum atomic E-state index is 13.4. The molecule has 0 aromatic heterocycles. The summed E-state index contributed by atoms with van der Waals surface area (Å²) in [6, 6.07) is -0.923. The van der Waals surface area contributed by atoms with E-state index in [1.807, 2.05) is 6.08 Å². The number of carbonyl (C=O) groups excluding carboxylic acids is 1. The number of allylic oxidation sites excluding steroid dienone is 13. The van der Waals surface area contributed by atoms with E-state index < -0.39 is 86.8 Å². The highest BCUT2D eigenvalue weighted by Crippen LogP contribution is 2.30. The smallest absolute Gasteiger partial charge is 0.220 e. The second-order valence-corrected chi connectivity index (χ2v) is 28.2. The van der Waals surface area contributed by atoms with Crippen LogP contribution in [0.4, 0.5) is 0 Å². The number of unbranched alkanes of at least 4 members (excludes halogenated alkanes) is 42. The van der Waals surface area contributed by atoms with Crippen LogP contribution in [0, 0.1) is 0 Å². The van der Waals surface area contributed by atoms with Crippen molar-refractivity contribution in [2.75, 3.05) is 19.8 Å². The SMILES string of the molecule is CC/C=C\C/C=C\C/C=C\C/C=C\C/C=C\C/C=C\CCCCCCCCCCCCCCC(=O)NC(COC1OC(CO)C(OC2OC(CO)C(O)C(O)C2O)C(O)C1O)C(O)/C=C/CCCCCCCCCCCCCCCCCCCCCCCCCCCCCCCC. The van der Waals surface area contributed by atoms with Gasteiger partial charge in [0.25, 0.3) is 0 Å². The van der Waals surface area contributed by atoms with Gasteiger partial charge in [0.05, 0.1) is 32.0 Å². The van der Waals surface area contributed by atoms with Crippen molar-refractivity contribution in [1.29, 1.82) is 0 Å². The summed E-state index contributed by atoms with van der Waals surface area (Å²) in [7, 11) is 0.